The van der Waals surface area contributed by atoms with Crippen LogP contribution in [0.25, 0.3) is 0 Å². The molecule has 0 aromatic carbocycles. The summed E-state index contributed by atoms with van der Waals surface area (Å²) in [6, 6.07) is 0. The van der Waals surface area contributed by atoms with Crippen molar-refractivity contribution in [1.29, 1.82) is 0 Å². The van der Waals surface area contributed by atoms with Crippen LogP contribution in [0.1, 0.15) is 0 Å². The molecule has 0 aromatic rings. The Balaban J connectivity index is -0.0000000267. The number of carboxylic acid groups (broad SMARTS) is 1. The molecular weight excluding hydrogens is 227 g/mol. The van der Waals surface area contributed by atoms with Gasteiger partial charge in [-0.15, -0.1) is 0 Å². The van der Waals surface area contributed by atoms with Crippen molar-refractivity contribution in [2.45, 2.75) is 0 Å². The van der Waals surface area contributed by atoms with Gasteiger partial charge in [0, 0.05) is 19.5 Å². The summed E-state index contributed by atoms with van der Waals surface area (Å²) in [6.07, 6.45) is -1.69. The van der Waals surface area contributed by atoms with E-state index >= 15 is 0 Å². The normalized spacial score (nSPS) is 4.12. The maximum Gasteiger partial charge on any atom is 0 e. The largest absolute Gasteiger partial charge is 0 e. The summed E-state index contributed by atoms with van der Waals surface area (Å²) >= 11 is 0. The zero-order valence-corrected chi connectivity index (χ0v) is 6.39. The van der Waals surface area contributed by atoms with Crippen LogP contribution in [0.5, 0.6) is 0 Å². The van der Waals surface area contributed by atoms with Gasteiger partial charge in [0.25, 0.3) is 0 Å². The van der Waals surface area contributed by atoms with Crippen molar-refractivity contribution in [3.05, 3.63) is 0 Å². The van der Waals surface area contributed by atoms with Crippen LogP contribution in [-0.4, -0.2) is 41.8 Å². The first-order valence-electron chi connectivity index (χ1n) is 0.814. The van der Waals surface area contributed by atoms with Crippen molar-refractivity contribution < 1.29 is 45.0 Å². The van der Waals surface area contributed by atoms with Gasteiger partial charge in [0.1, 0.15) is 0 Å². The van der Waals surface area contributed by atoms with E-state index in [-0.39, 0.29) is 44.7 Å². The molecular formula is CH7GaO5Zn. The maximum absolute atomic E-state index is 8.90. The first kappa shape index (κ1) is 23.7. The van der Waals surface area contributed by atoms with Gasteiger partial charge >= 0.3 is 25.9 Å². The minimum absolute atomic E-state index is 0. The fraction of sp³-hybridized carbons (Fsp3) is 0. The molecule has 0 aliphatic carbocycles. The summed E-state index contributed by atoms with van der Waals surface area (Å²) in [7, 11) is 0. The van der Waals surface area contributed by atoms with Gasteiger partial charge in [-0.2, -0.15) is 5.26 Å². The molecule has 0 aromatic heterocycles. The molecule has 0 rings (SSSR count). The van der Waals surface area contributed by atoms with Crippen LogP contribution in [0, 0.1) is 0 Å². The summed E-state index contributed by atoms with van der Waals surface area (Å²) in [5, 5.41) is 14.3. The molecule has 0 radical (unpaired) electrons. The van der Waals surface area contributed by atoms with Crippen LogP contribution in [0.4, 0.5) is 4.79 Å². The van der Waals surface area contributed by atoms with Crippen LogP contribution < -0.4 is 0 Å². The van der Waals surface area contributed by atoms with Gasteiger partial charge in [0.15, 0.2) is 0 Å². The van der Waals surface area contributed by atoms with Crippen molar-refractivity contribution in [3.63, 3.8) is 0 Å². The molecule has 4 N–H and O–H groups in total. The van der Waals surface area contributed by atoms with Gasteiger partial charge in [-0.05, 0) is 0 Å². The second-order valence-electron chi connectivity index (χ2n) is 0.357. The fourth-order valence-corrected chi connectivity index (χ4v) is 0. The molecule has 0 spiro atoms. The molecule has 0 heterocycles. The van der Waals surface area contributed by atoms with Gasteiger partial charge in [-0.1, -0.05) is 0 Å². The van der Waals surface area contributed by atoms with E-state index in [0.29, 0.717) is 0 Å². The van der Waals surface area contributed by atoms with E-state index in [1.807, 2.05) is 0 Å². The molecule has 0 unspecified atom stereocenters. The number of carbonyl (C=O) groups is 1. The molecule has 7 heteroatoms. The Hall–Kier alpha value is 0.450. The standard InChI is InChI=1S/CH2O4.Ga.H2O.Zn.3H/c2-1(3)5-4;;;;;;/h4H,(H,2,3);;1H2;;;;. The molecule has 0 bridgehead atoms. The average Bonchev–Trinajstić information content (AvgIpc) is 1.38. The minimum Gasteiger partial charge on any atom is 0 e. The molecule has 5 nitrogen and oxygen atoms in total. The first-order valence-corrected chi connectivity index (χ1v) is 0.814. The smallest absolute Gasteiger partial charge is 0 e. The summed E-state index contributed by atoms with van der Waals surface area (Å²) in [5.74, 6) is 0. The Morgan fingerprint density at radius 3 is 1.62 bits per heavy atom. The molecule has 0 saturated heterocycles. The third-order valence-electron chi connectivity index (χ3n) is 0.0781. The van der Waals surface area contributed by atoms with Crippen molar-refractivity contribution in [2.75, 3.05) is 0 Å². The predicted molar refractivity (Wildman–Crippen MR) is 25.3 cm³/mol. The second kappa shape index (κ2) is 15.7. The van der Waals surface area contributed by atoms with Crippen LogP contribution in [0.2, 0.25) is 0 Å². The number of rotatable bonds is 0. The topological polar surface area (TPSA) is 98.3 Å². The Bertz CT molecular complexity index is 47.7. The fourth-order valence-electron chi connectivity index (χ4n) is 0. The van der Waals surface area contributed by atoms with Crippen LogP contribution in [0.3, 0.4) is 0 Å². The number of hydrogen-bond donors (Lipinski definition) is 2. The van der Waals surface area contributed by atoms with E-state index in [1.165, 1.54) is 0 Å². The van der Waals surface area contributed by atoms with E-state index in [2.05, 4.69) is 4.89 Å². The van der Waals surface area contributed by atoms with Gasteiger partial charge < -0.3 is 10.6 Å². The van der Waals surface area contributed by atoms with Gasteiger partial charge in [-0.25, -0.2) is 4.79 Å². The first-order chi connectivity index (χ1) is 2.27. The molecule has 0 aliphatic heterocycles. The Labute approximate surface area is 71.1 Å². The Kier molecular flexibility index (Phi) is 46.3. The van der Waals surface area contributed by atoms with E-state index in [4.69, 9.17) is 15.2 Å². The molecule has 46 valence electrons. The second-order valence-corrected chi connectivity index (χ2v) is 0.357. The predicted octanol–water partition coefficient (Wildman–Crippen LogP) is -1.86. The minimum atomic E-state index is -1.69. The van der Waals surface area contributed by atoms with Gasteiger partial charge in [0.2, 0.25) is 0 Å². The average molecular weight is 234 g/mol. The summed E-state index contributed by atoms with van der Waals surface area (Å²) in [6.45, 7) is 0. The van der Waals surface area contributed by atoms with E-state index in [0.717, 1.165) is 0 Å². The molecule has 0 amide bonds. The van der Waals surface area contributed by atoms with Crippen LogP contribution >= 0.6 is 0 Å². The van der Waals surface area contributed by atoms with Crippen LogP contribution in [0.15, 0.2) is 0 Å². The maximum atomic E-state index is 8.90. The molecule has 8 heavy (non-hydrogen) atoms. The van der Waals surface area contributed by atoms with Gasteiger partial charge in [-0.3, -0.25) is 4.89 Å². The molecule has 0 aliphatic rings. The zero-order valence-electron chi connectivity index (χ0n) is 3.42. The van der Waals surface area contributed by atoms with E-state index in [1.54, 1.807) is 0 Å². The third kappa shape index (κ3) is 31.9. The van der Waals surface area contributed by atoms with E-state index < -0.39 is 6.16 Å². The quantitative estimate of drug-likeness (QED) is 0.292. The molecule has 0 saturated carbocycles. The summed E-state index contributed by atoms with van der Waals surface area (Å²) in [5.41, 5.74) is 0. The summed E-state index contributed by atoms with van der Waals surface area (Å²) < 4.78 is 0. The van der Waals surface area contributed by atoms with E-state index in [9.17, 15) is 0 Å². The molecule has 0 fully saturated rings. The monoisotopic (exact) mass is 232 g/mol. The van der Waals surface area contributed by atoms with Gasteiger partial charge in [0.05, 0.1) is 0 Å². The molecule has 0 atom stereocenters. The zero-order chi connectivity index (χ0) is 4.28. The number of hydrogen-bond acceptors (Lipinski definition) is 3. The third-order valence-corrected chi connectivity index (χ3v) is 0.0781. The van der Waals surface area contributed by atoms with Crippen molar-refractivity contribution in [3.8, 4) is 0 Å². The Morgan fingerprint density at radius 1 is 1.50 bits per heavy atom. The van der Waals surface area contributed by atoms with Crippen molar-refractivity contribution in [1.82, 2.24) is 0 Å². The SMILES string of the molecule is O.O=C(O)OO.[GaH3].[Zn]. The summed E-state index contributed by atoms with van der Waals surface area (Å²) in [4.78, 5) is 11.6. The van der Waals surface area contributed by atoms with Crippen molar-refractivity contribution in [2.24, 2.45) is 0 Å². The van der Waals surface area contributed by atoms with Crippen molar-refractivity contribution >= 4 is 25.9 Å². The van der Waals surface area contributed by atoms with Crippen LogP contribution in [-0.2, 0) is 24.4 Å². The Morgan fingerprint density at radius 2 is 1.62 bits per heavy atom.